The van der Waals surface area contributed by atoms with Gasteiger partial charge in [-0.05, 0) is 35.9 Å². The molecule has 1 heterocycles. The predicted octanol–water partition coefficient (Wildman–Crippen LogP) is 3.15. The molecule has 4 aromatic rings. The Bertz CT molecular complexity index is 1350. The molecule has 200 valence electrons. The number of likely N-dealkylation sites (N-methyl/N-ethyl adjacent to an activating group) is 1. The van der Waals surface area contributed by atoms with Crippen molar-refractivity contribution in [2.45, 2.75) is 9.79 Å². The van der Waals surface area contributed by atoms with Crippen LogP contribution in [0.2, 0.25) is 0 Å². The Hall–Kier alpha value is -3.86. The summed E-state index contributed by atoms with van der Waals surface area (Å²) in [6.45, 7) is 1.11. The average molecular weight is 537 g/mol. The van der Waals surface area contributed by atoms with E-state index in [0.29, 0.717) is 17.2 Å². The number of nitrogens with zero attached hydrogens (tertiary/aromatic N) is 4. The van der Waals surface area contributed by atoms with E-state index >= 15 is 0 Å². The molecular weight excluding hydrogens is 504 g/mol. The number of carbonyl (C=O) groups is 1. The summed E-state index contributed by atoms with van der Waals surface area (Å²) in [6.07, 6.45) is 1.84. The Morgan fingerprint density at radius 3 is 2.32 bits per heavy atom. The third kappa shape index (κ3) is 7.82. The maximum Gasteiger partial charge on any atom is 0.148 e. The van der Waals surface area contributed by atoms with Gasteiger partial charge in [-0.15, -0.1) is 5.10 Å². The number of quaternary nitrogens is 1. The van der Waals surface area contributed by atoms with E-state index in [9.17, 15) is 9.90 Å². The quantitative estimate of drug-likeness (QED) is 0.325. The van der Waals surface area contributed by atoms with Gasteiger partial charge in [0.15, 0.2) is 0 Å². The van der Waals surface area contributed by atoms with Crippen molar-refractivity contribution in [3.63, 3.8) is 0 Å². The van der Waals surface area contributed by atoms with Gasteiger partial charge in [0.05, 0.1) is 54.1 Å². The highest BCUT2D eigenvalue weighted by Crippen LogP contribution is 2.36. The summed E-state index contributed by atoms with van der Waals surface area (Å²) in [7, 11) is 9.35. The van der Waals surface area contributed by atoms with E-state index in [0.717, 1.165) is 32.1 Å². The Morgan fingerprint density at radius 2 is 1.74 bits per heavy atom. The number of hydrogen-bond acceptors (Lipinski definition) is 8. The van der Waals surface area contributed by atoms with Crippen LogP contribution >= 0.6 is 11.8 Å². The van der Waals surface area contributed by atoms with Crippen molar-refractivity contribution in [3.05, 3.63) is 78.5 Å². The molecule has 38 heavy (non-hydrogen) atoms. The van der Waals surface area contributed by atoms with Crippen LogP contribution < -0.4 is 14.6 Å². The fourth-order valence-electron chi connectivity index (χ4n) is 3.33. The van der Waals surface area contributed by atoms with Crippen molar-refractivity contribution in [2.24, 2.45) is 0 Å². The van der Waals surface area contributed by atoms with E-state index in [2.05, 4.69) is 31.5 Å². The molecule has 0 spiro atoms. The highest BCUT2D eigenvalue weighted by Gasteiger charge is 2.14. The van der Waals surface area contributed by atoms with Crippen molar-refractivity contribution >= 4 is 17.7 Å². The topological polar surface area (TPSA) is 110 Å². The van der Waals surface area contributed by atoms with E-state index < -0.39 is 5.97 Å². The van der Waals surface area contributed by atoms with Crippen molar-refractivity contribution in [1.29, 1.82) is 0 Å². The molecule has 0 aliphatic heterocycles. The number of ether oxygens (including phenoxy) is 2. The summed E-state index contributed by atoms with van der Waals surface area (Å²) in [5.74, 6) is 0.112. The lowest BCUT2D eigenvalue weighted by atomic mass is 10.2. The zero-order valence-electron chi connectivity index (χ0n) is 22.1. The van der Waals surface area contributed by atoms with E-state index in [1.807, 2.05) is 42.6 Å². The van der Waals surface area contributed by atoms with Gasteiger partial charge in [0.1, 0.15) is 29.4 Å². The van der Waals surface area contributed by atoms with Crippen LogP contribution in [0.5, 0.6) is 11.5 Å². The second-order valence-corrected chi connectivity index (χ2v) is 10.3. The van der Waals surface area contributed by atoms with Crippen LogP contribution in [0, 0.1) is 0 Å². The minimum atomic E-state index is -1.19. The van der Waals surface area contributed by atoms with Gasteiger partial charge in [0, 0.05) is 21.4 Å². The predicted molar refractivity (Wildman–Crippen MR) is 145 cm³/mol. The standard InChI is InChI=1S/C23H19N3O4S.C5H14NO/c1-29-16-9-12-20(21(13-16)30-2)26-14-19(24-25-26)18-5-3-4-6-22(18)31-17-10-7-15(8-11-17)23(27)28;1-6(2,3)4-5-7/h3-14H,1-2H3,(H,27,28);7H,4-5H2,1-3H3/q;+1/p-1. The van der Waals surface area contributed by atoms with Crippen LogP contribution in [0.3, 0.4) is 0 Å². The van der Waals surface area contributed by atoms with Crippen LogP contribution in [-0.2, 0) is 0 Å². The fraction of sp³-hybridized carbons (Fsp3) is 0.250. The molecule has 1 aromatic heterocycles. The van der Waals surface area contributed by atoms with E-state index in [-0.39, 0.29) is 12.2 Å². The SMILES string of the molecule is COc1ccc(-n2cc(-c3ccccc3Sc3ccc(C(=O)[O-])cc3)nn2)c(OC)c1.C[N+](C)(C)CCO. The minimum absolute atomic E-state index is 0.147. The number of aromatic nitrogens is 3. The van der Waals surface area contributed by atoms with Crippen molar-refractivity contribution in [3.8, 4) is 28.4 Å². The highest BCUT2D eigenvalue weighted by molar-refractivity contribution is 7.99. The average Bonchev–Trinajstić information content (AvgIpc) is 3.38. The third-order valence-electron chi connectivity index (χ3n) is 5.38. The summed E-state index contributed by atoms with van der Waals surface area (Å²) in [5, 5.41) is 28.0. The number of carboxylic acid groups (broad SMARTS) is 1. The van der Waals surface area contributed by atoms with Gasteiger partial charge in [-0.2, -0.15) is 0 Å². The molecule has 0 fully saturated rings. The van der Waals surface area contributed by atoms with Crippen LogP contribution in [-0.4, -0.2) is 79.1 Å². The number of aromatic carboxylic acids is 1. The van der Waals surface area contributed by atoms with Crippen LogP contribution in [0.15, 0.2) is 82.7 Å². The van der Waals surface area contributed by atoms with Crippen LogP contribution in [0.1, 0.15) is 10.4 Å². The number of aliphatic hydroxyl groups excluding tert-OH is 1. The largest absolute Gasteiger partial charge is 0.545 e. The number of carbonyl (C=O) groups excluding carboxylic acids is 1. The van der Waals surface area contributed by atoms with Crippen molar-refractivity contribution < 1.29 is 29.0 Å². The first kappa shape index (κ1) is 28.7. The molecule has 3 aromatic carbocycles. The summed E-state index contributed by atoms with van der Waals surface area (Å²) >= 11 is 1.52. The van der Waals surface area contributed by atoms with E-state index in [4.69, 9.17) is 14.6 Å². The Kier molecular flexibility index (Phi) is 9.89. The molecular formula is C28H32N4O5S. The maximum absolute atomic E-state index is 11.0. The molecule has 0 aliphatic carbocycles. The molecule has 0 amide bonds. The lowest BCUT2D eigenvalue weighted by Gasteiger charge is -2.21. The lowest BCUT2D eigenvalue weighted by molar-refractivity contribution is -0.870. The molecule has 10 heteroatoms. The number of aliphatic hydroxyl groups is 1. The normalized spacial score (nSPS) is 10.9. The Balaban J connectivity index is 0.000000505. The van der Waals surface area contributed by atoms with Gasteiger partial charge >= 0.3 is 0 Å². The summed E-state index contributed by atoms with van der Waals surface area (Å²) < 4.78 is 13.2. The number of carboxylic acids is 1. The molecule has 0 radical (unpaired) electrons. The number of hydrogen-bond donors (Lipinski definition) is 1. The van der Waals surface area contributed by atoms with Gasteiger partial charge < -0.3 is 29.0 Å². The molecule has 0 saturated carbocycles. The third-order valence-corrected chi connectivity index (χ3v) is 6.46. The number of rotatable bonds is 9. The number of benzene rings is 3. The second kappa shape index (κ2) is 13.1. The molecule has 0 saturated heterocycles. The van der Waals surface area contributed by atoms with Crippen molar-refractivity contribution in [1.82, 2.24) is 15.0 Å². The Morgan fingerprint density at radius 1 is 1.03 bits per heavy atom. The highest BCUT2D eigenvalue weighted by atomic mass is 32.2. The fourth-order valence-corrected chi connectivity index (χ4v) is 4.29. The zero-order valence-corrected chi connectivity index (χ0v) is 22.9. The zero-order chi connectivity index (χ0) is 27.7. The van der Waals surface area contributed by atoms with Crippen LogP contribution in [0.25, 0.3) is 16.9 Å². The smallest absolute Gasteiger partial charge is 0.148 e. The second-order valence-electron chi connectivity index (χ2n) is 9.23. The maximum atomic E-state index is 11.0. The molecule has 1 N–H and O–H groups in total. The summed E-state index contributed by atoms with van der Waals surface area (Å²) in [6, 6.07) is 19.9. The summed E-state index contributed by atoms with van der Waals surface area (Å²) in [4.78, 5) is 12.8. The first-order valence-corrected chi connectivity index (χ1v) is 12.6. The molecule has 0 bridgehead atoms. The molecule has 0 atom stereocenters. The monoisotopic (exact) mass is 536 g/mol. The van der Waals surface area contributed by atoms with Crippen LogP contribution in [0.4, 0.5) is 0 Å². The summed E-state index contributed by atoms with van der Waals surface area (Å²) in [5.41, 5.74) is 2.50. The van der Waals surface area contributed by atoms with Gasteiger partial charge in [-0.25, -0.2) is 4.68 Å². The van der Waals surface area contributed by atoms with Gasteiger partial charge in [-0.3, -0.25) is 0 Å². The molecule has 9 nitrogen and oxygen atoms in total. The van der Waals surface area contributed by atoms with Gasteiger partial charge in [0.2, 0.25) is 0 Å². The first-order chi connectivity index (χ1) is 18.1. The first-order valence-electron chi connectivity index (χ1n) is 11.8. The van der Waals surface area contributed by atoms with Gasteiger partial charge in [0.25, 0.3) is 0 Å². The molecule has 0 unspecified atom stereocenters. The minimum Gasteiger partial charge on any atom is -0.545 e. The molecule has 0 aliphatic rings. The van der Waals surface area contributed by atoms with Gasteiger partial charge in [-0.1, -0.05) is 47.3 Å². The molecule has 4 rings (SSSR count). The van der Waals surface area contributed by atoms with E-state index in [1.54, 1.807) is 37.1 Å². The van der Waals surface area contributed by atoms with E-state index in [1.165, 1.54) is 23.9 Å². The Labute approximate surface area is 226 Å². The number of methoxy groups -OCH3 is 2. The van der Waals surface area contributed by atoms with Crippen molar-refractivity contribution in [2.75, 3.05) is 48.5 Å². The lowest BCUT2D eigenvalue weighted by Crippen LogP contribution is -2.36.